The highest BCUT2D eigenvalue weighted by atomic mass is 16.5. The quantitative estimate of drug-likeness (QED) is 0.560. The van der Waals surface area contributed by atoms with E-state index in [-0.39, 0.29) is 11.4 Å². The second-order valence-electron chi connectivity index (χ2n) is 8.52. The molecule has 2 heterocycles. The Morgan fingerprint density at radius 3 is 2.53 bits per heavy atom. The molecule has 1 aliphatic heterocycles. The fourth-order valence-electron chi connectivity index (χ4n) is 4.39. The Kier molecular flexibility index (Phi) is 5.78. The van der Waals surface area contributed by atoms with Gasteiger partial charge >= 0.3 is 0 Å². The Morgan fingerprint density at radius 1 is 1.19 bits per heavy atom. The van der Waals surface area contributed by atoms with Crippen molar-refractivity contribution in [1.29, 1.82) is 0 Å². The first-order chi connectivity index (χ1) is 15.3. The van der Waals surface area contributed by atoms with Crippen LogP contribution in [-0.2, 0) is 16.0 Å². The van der Waals surface area contributed by atoms with E-state index < -0.39 is 17.7 Å². The molecule has 0 saturated carbocycles. The van der Waals surface area contributed by atoms with E-state index in [1.165, 1.54) is 12.5 Å². The predicted octanol–water partition coefficient (Wildman–Crippen LogP) is 4.83. The molecule has 2 aromatic carbocycles. The van der Waals surface area contributed by atoms with E-state index in [2.05, 4.69) is 18.8 Å². The van der Waals surface area contributed by atoms with Gasteiger partial charge in [-0.1, -0.05) is 38.1 Å². The van der Waals surface area contributed by atoms with Crippen molar-refractivity contribution < 1.29 is 19.4 Å². The fraction of sp³-hybridized carbons (Fsp3) is 0.308. The van der Waals surface area contributed by atoms with Crippen molar-refractivity contribution in [2.45, 2.75) is 39.2 Å². The van der Waals surface area contributed by atoms with Crippen LogP contribution >= 0.6 is 0 Å². The topological polar surface area (TPSA) is 82.6 Å². The van der Waals surface area contributed by atoms with Crippen molar-refractivity contribution in [2.24, 2.45) is 0 Å². The largest absolute Gasteiger partial charge is 0.503 e. The molecule has 1 aromatic heterocycles. The third kappa shape index (κ3) is 3.77. The molecule has 0 aliphatic carbocycles. The number of aromatic amines is 1. The van der Waals surface area contributed by atoms with E-state index in [0.29, 0.717) is 18.9 Å². The number of methoxy groups -OCH3 is 1. The summed E-state index contributed by atoms with van der Waals surface area (Å²) in [6.45, 7) is 5.98. The zero-order valence-corrected chi connectivity index (χ0v) is 18.8. The number of aliphatic hydroxyl groups excluding tert-OH is 1. The maximum absolute atomic E-state index is 12.9. The van der Waals surface area contributed by atoms with E-state index in [4.69, 9.17) is 4.74 Å². The number of hydrogen-bond acceptors (Lipinski definition) is 4. The van der Waals surface area contributed by atoms with E-state index >= 15 is 0 Å². The van der Waals surface area contributed by atoms with Crippen molar-refractivity contribution >= 4 is 22.6 Å². The lowest BCUT2D eigenvalue weighted by Gasteiger charge is -2.27. The van der Waals surface area contributed by atoms with Crippen LogP contribution < -0.4 is 4.74 Å². The minimum Gasteiger partial charge on any atom is -0.503 e. The lowest BCUT2D eigenvalue weighted by molar-refractivity contribution is -0.129. The summed E-state index contributed by atoms with van der Waals surface area (Å²) in [5, 5.41) is 11.5. The van der Waals surface area contributed by atoms with Gasteiger partial charge in [0.25, 0.3) is 5.91 Å². The van der Waals surface area contributed by atoms with Crippen LogP contribution in [0.15, 0.2) is 60.0 Å². The number of rotatable bonds is 7. The summed E-state index contributed by atoms with van der Waals surface area (Å²) in [4.78, 5) is 30.2. The van der Waals surface area contributed by atoms with Crippen molar-refractivity contribution in [3.63, 3.8) is 0 Å². The standard InChI is InChI=1S/C26H28N2O4/c1-15(2)17-5-7-18(8-6-17)24-23(16(3)29)25(30)26(31)28(24)12-11-19-14-27-22-10-9-20(32-4)13-21(19)22/h5-10,13-15,24,27,30H,11-12H2,1-4H3/t24-/m0/s1. The van der Waals surface area contributed by atoms with Gasteiger partial charge in [-0.15, -0.1) is 0 Å². The summed E-state index contributed by atoms with van der Waals surface area (Å²) in [7, 11) is 1.63. The van der Waals surface area contributed by atoms with Gasteiger partial charge in [-0.05, 0) is 54.2 Å². The summed E-state index contributed by atoms with van der Waals surface area (Å²) < 4.78 is 5.34. The van der Waals surface area contributed by atoms with Crippen molar-refractivity contribution in [2.75, 3.05) is 13.7 Å². The first-order valence-corrected chi connectivity index (χ1v) is 10.8. The Bertz CT molecular complexity index is 1200. The number of aromatic nitrogens is 1. The lowest BCUT2D eigenvalue weighted by atomic mass is 9.94. The average Bonchev–Trinajstić information content (AvgIpc) is 3.30. The molecule has 2 N–H and O–H groups in total. The molecule has 166 valence electrons. The van der Waals surface area contributed by atoms with Crippen LogP contribution in [0.4, 0.5) is 0 Å². The molecule has 32 heavy (non-hydrogen) atoms. The summed E-state index contributed by atoms with van der Waals surface area (Å²) in [5.74, 6) is -0.118. The van der Waals surface area contributed by atoms with Gasteiger partial charge in [0, 0.05) is 23.6 Å². The molecule has 1 atom stereocenters. The van der Waals surface area contributed by atoms with Gasteiger partial charge in [0.15, 0.2) is 11.5 Å². The molecule has 0 unspecified atom stereocenters. The third-order valence-corrected chi connectivity index (χ3v) is 6.20. The Balaban J connectivity index is 1.66. The normalized spacial score (nSPS) is 16.5. The van der Waals surface area contributed by atoms with E-state index in [9.17, 15) is 14.7 Å². The molecular weight excluding hydrogens is 404 g/mol. The second-order valence-corrected chi connectivity index (χ2v) is 8.52. The summed E-state index contributed by atoms with van der Waals surface area (Å²) in [6.07, 6.45) is 2.49. The number of H-pyrrole nitrogens is 1. The number of amides is 1. The van der Waals surface area contributed by atoms with Crippen molar-refractivity contribution in [3.05, 3.63) is 76.7 Å². The van der Waals surface area contributed by atoms with Crippen LogP contribution in [0.1, 0.15) is 49.4 Å². The molecule has 6 nitrogen and oxygen atoms in total. The fourth-order valence-corrected chi connectivity index (χ4v) is 4.39. The molecule has 0 bridgehead atoms. The molecule has 6 heteroatoms. The molecule has 1 aliphatic rings. The van der Waals surface area contributed by atoms with Crippen LogP contribution in [0.3, 0.4) is 0 Å². The van der Waals surface area contributed by atoms with Gasteiger partial charge in [-0.3, -0.25) is 9.59 Å². The maximum atomic E-state index is 12.9. The van der Waals surface area contributed by atoms with Crippen LogP contribution in [0, 0.1) is 0 Å². The predicted molar refractivity (Wildman–Crippen MR) is 124 cm³/mol. The van der Waals surface area contributed by atoms with Gasteiger partial charge in [-0.2, -0.15) is 0 Å². The molecule has 1 amide bonds. The third-order valence-electron chi connectivity index (χ3n) is 6.20. The van der Waals surface area contributed by atoms with Crippen LogP contribution in [0.25, 0.3) is 10.9 Å². The van der Waals surface area contributed by atoms with Gasteiger partial charge in [0.1, 0.15) is 5.75 Å². The SMILES string of the molecule is COc1ccc2[nH]cc(CCN3C(=O)C(O)=C(C(C)=O)[C@@H]3c3ccc(C(C)C)cc3)c2c1. The molecule has 0 radical (unpaired) electrons. The molecule has 0 spiro atoms. The first-order valence-electron chi connectivity index (χ1n) is 10.8. The monoisotopic (exact) mass is 432 g/mol. The number of benzene rings is 2. The van der Waals surface area contributed by atoms with Gasteiger partial charge in [-0.25, -0.2) is 0 Å². The number of ketones is 1. The highest BCUT2D eigenvalue weighted by Gasteiger charge is 2.42. The summed E-state index contributed by atoms with van der Waals surface area (Å²) in [6, 6.07) is 13.1. The Hall–Kier alpha value is -3.54. The number of carbonyl (C=O) groups is 2. The highest BCUT2D eigenvalue weighted by molar-refractivity contribution is 6.08. The first kappa shape index (κ1) is 21.7. The van der Waals surface area contributed by atoms with Gasteiger partial charge < -0.3 is 19.7 Å². The van der Waals surface area contributed by atoms with E-state index in [1.807, 2.05) is 48.7 Å². The number of nitrogens with one attached hydrogen (secondary N) is 1. The van der Waals surface area contributed by atoms with E-state index in [1.54, 1.807) is 12.0 Å². The summed E-state index contributed by atoms with van der Waals surface area (Å²) >= 11 is 0. The zero-order valence-electron chi connectivity index (χ0n) is 18.8. The molecule has 0 saturated heterocycles. The number of fused-ring (bicyclic) bond motifs is 1. The Labute approximate surface area is 187 Å². The maximum Gasteiger partial charge on any atom is 0.290 e. The number of hydrogen-bond donors (Lipinski definition) is 2. The number of ether oxygens (including phenoxy) is 1. The highest BCUT2D eigenvalue weighted by Crippen LogP contribution is 2.38. The molecule has 0 fully saturated rings. The Morgan fingerprint density at radius 2 is 1.91 bits per heavy atom. The van der Waals surface area contributed by atoms with Crippen molar-refractivity contribution in [3.8, 4) is 5.75 Å². The van der Waals surface area contributed by atoms with E-state index in [0.717, 1.165) is 27.8 Å². The average molecular weight is 433 g/mol. The van der Waals surface area contributed by atoms with Crippen LogP contribution in [-0.4, -0.2) is 40.3 Å². The lowest BCUT2D eigenvalue weighted by Crippen LogP contribution is -2.32. The number of carbonyl (C=O) groups excluding carboxylic acids is 2. The van der Waals surface area contributed by atoms with Gasteiger partial charge in [0.05, 0.1) is 18.7 Å². The van der Waals surface area contributed by atoms with Gasteiger partial charge in [0.2, 0.25) is 0 Å². The van der Waals surface area contributed by atoms with Crippen LogP contribution in [0.5, 0.6) is 5.75 Å². The van der Waals surface area contributed by atoms with Crippen molar-refractivity contribution in [1.82, 2.24) is 9.88 Å². The molecule has 4 rings (SSSR count). The zero-order chi connectivity index (χ0) is 23.0. The minimum atomic E-state index is -0.596. The number of nitrogens with zero attached hydrogens (tertiary/aromatic N) is 1. The molecule has 3 aromatic rings. The smallest absolute Gasteiger partial charge is 0.290 e. The van der Waals surface area contributed by atoms with Crippen LogP contribution in [0.2, 0.25) is 0 Å². The number of Topliss-reactive ketones (excluding diaryl/α,β-unsaturated/α-hetero) is 1. The minimum absolute atomic E-state index is 0.160. The molecular formula is C26H28N2O4. The summed E-state index contributed by atoms with van der Waals surface area (Å²) in [5.41, 5.74) is 4.18. The second kappa shape index (κ2) is 8.54. The number of aliphatic hydroxyl groups is 1.